The third-order valence-corrected chi connectivity index (χ3v) is 2.90. The van der Waals surface area contributed by atoms with Gasteiger partial charge in [0.15, 0.2) is 0 Å². The fourth-order valence-corrected chi connectivity index (χ4v) is 2.36. The van der Waals surface area contributed by atoms with Crippen LogP contribution in [0.15, 0.2) is 12.1 Å². The van der Waals surface area contributed by atoms with Crippen molar-refractivity contribution in [2.45, 2.75) is 12.8 Å². The Labute approximate surface area is 93.6 Å². The molecular weight excluding hydrogens is 219 g/mol. The van der Waals surface area contributed by atoms with Gasteiger partial charge < -0.3 is 5.32 Å². The highest BCUT2D eigenvalue weighted by atomic mass is 35.5. The molecule has 1 aliphatic rings. The number of pyridine rings is 1. The van der Waals surface area contributed by atoms with Gasteiger partial charge in [0.25, 0.3) is 0 Å². The molecule has 1 aliphatic heterocycles. The maximum absolute atomic E-state index is 5.82. The number of aromatic nitrogens is 1. The summed E-state index contributed by atoms with van der Waals surface area (Å²) in [5, 5.41) is 4.31. The molecule has 1 fully saturated rings. The molecule has 0 bridgehead atoms. The molecule has 14 heavy (non-hydrogen) atoms. The fourth-order valence-electron chi connectivity index (χ4n) is 1.85. The molecule has 76 valence electrons. The van der Waals surface area contributed by atoms with Crippen LogP contribution in [-0.2, 0) is 6.42 Å². The minimum absolute atomic E-state index is 0.485. The summed E-state index contributed by atoms with van der Waals surface area (Å²) in [5.41, 5.74) is 1.18. The largest absolute Gasteiger partial charge is 0.316 e. The van der Waals surface area contributed by atoms with Crippen molar-refractivity contribution in [2.75, 3.05) is 13.1 Å². The molecule has 0 spiro atoms. The maximum atomic E-state index is 5.82. The standard InChI is InChI=1S/C10H12Cl2N2/c11-9-4-8(5-10(12)14-9)3-7-1-2-13-6-7/h4-5,7,13H,1-3,6H2. The van der Waals surface area contributed by atoms with Gasteiger partial charge in [-0.15, -0.1) is 0 Å². The van der Waals surface area contributed by atoms with E-state index in [0.29, 0.717) is 16.2 Å². The molecule has 0 saturated carbocycles. The van der Waals surface area contributed by atoms with Gasteiger partial charge >= 0.3 is 0 Å². The molecule has 0 aliphatic carbocycles. The highest BCUT2D eigenvalue weighted by molar-refractivity contribution is 6.32. The smallest absolute Gasteiger partial charge is 0.131 e. The number of halogens is 2. The van der Waals surface area contributed by atoms with Crippen molar-refractivity contribution in [3.05, 3.63) is 28.0 Å². The van der Waals surface area contributed by atoms with E-state index < -0.39 is 0 Å². The molecular formula is C10H12Cl2N2. The molecule has 1 aromatic heterocycles. The summed E-state index contributed by atoms with van der Waals surface area (Å²) < 4.78 is 0. The zero-order chi connectivity index (χ0) is 9.97. The number of nitrogens with one attached hydrogen (secondary N) is 1. The second-order valence-corrected chi connectivity index (χ2v) is 4.46. The Morgan fingerprint density at radius 2 is 2.07 bits per heavy atom. The Morgan fingerprint density at radius 1 is 1.36 bits per heavy atom. The van der Waals surface area contributed by atoms with Crippen molar-refractivity contribution >= 4 is 23.2 Å². The van der Waals surface area contributed by atoms with Gasteiger partial charge in [-0.2, -0.15) is 0 Å². The van der Waals surface area contributed by atoms with E-state index in [4.69, 9.17) is 23.2 Å². The molecule has 0 radical (unpaired) electrons. The molecule has 1 aromatic rings. The molecule has 2 rings (SSSR count). The summed E-state index contributed by atoms with van der Waals surface area (Å²) in [7, 11) is 0. The first-order valence-corrected chi connectivity index (χ1v) is 5.52. The molecule has 1 atom stereocenters. The Hall–Kier alpha value is -0.310. The Kier molecular flexibility index (Phi) is 3.26. The average Bonchev–Trinajstić information content (AvgIpc) is 2.54. The third-order valence-electron chi connectivity index (χ3n) is 2.51. The zero-order valence-corrected chi connectivity index (χ0v) is 9.28. The average molecular weight is 231 g/mol. The van der Waals surface area contributed by atoms with Crippen LogP contribution in [0.1, 0.15) is 12.0 Å². The SMILES string of the molecule is Clc1cc(CC2CCNC2)cc(Cl)n1. The van der Waals surface area contributed by atoms with E-state index in [-0.39, 0.29) is 0 Å². The number of hydrogen-bond donors (Lipinski definition) is 1. The highest BCUT2D eigenvalue weighted by Gasteiger charge is 2.15. The van der Waals surface area contributed by atoms with Crippen LogP contribution in [0.4, 0.5) is 0 Å². The first kappa shape index (κ1) is 10.2. The predicted octanol–water partition coefficient (Wildman–Crippen LogP) is 2.54. The highest BCUT2D eigenvalue weighted by Crippen LogP contribution is 2.20. The summed E-state index contributed by atoms with van der Waals surface area (Å²) in [6, 6.07) is 3.79. The topological polar surface area (TPSA) is 24.9 Å². The Bertz CT molecular complexity index is 302. The van der Waals surface area contributed by atoms with E-state index in [0.717, 1.165) is 19.5 Å². The summed E-state index contributed by atoms with van der Waals surface area (Å²) in [4.78, 5) is 3.92. The lowest BCUT2D eigenvalue weighted by molar-refractivity contribution is 0.580. The van der Waals surface area contributed by atoms with E-state index in [1.54, 1.807) is 0 Å². The summed E-state index contributed by atoms with van der Waals surface area (Å²) in [6.07, 6.45) is 2.27. The Balaban J connectivity index is 2.07. The molecule has 0 amide bonds. The molecule has 0 aromatic carbocycles. The second kappa shape index (κ2) is 4.47. The minimum atomic E-state index is 0.485. The van der Waals surface area contributed by atoms with E-state index in [1.807, 2.05) is 12.1 Å². The number of nitrogens with zero attached hydrogens (tertiary/aromatic N) is 1. The summed E-state index contributed by atoms with van der Waals surface area (Å²) in [6.45, 7) is 2.22. The van der Waals surface area contributed by atoms with Crippen LogP contribution in [0.5, 0.6) is 0 Å². The van der Waals surface area contributed by atoms with Gasteiger partial charge in [0, 0.05) is 0 Å². The van der Waals surface area contributed by atoms with Crippen molar-refractivity contribution in [3.63, 3.8) is 0 Å². The molecule has 4 heteroatoms. The first-order chi connectivity index (χ1) is 6.74. The van der Waals surface area contributed by atoms with E-state index in [1.165, 1.54) is 12.0 Å². The van der Waals surface area contributed by atoms with Crippen molar-refractivity contribution in [2.24, 2.45) is 5.92 Å². The minimum Gasteiger partial charge on any atom is -0.316 e. The van der Waals surface area contributed by atoms with Crippen LogP contribution in [0.25, 0.3) is 0 Å². The van der Waals surface area contributed by atoms with Crippen LogP contribution in [0.3, 0.4) is 0 Å². The lowest BCUT2D eigenvalue weighted by Crippen LogP contribution is -2.10. The van der Waals surface area contributed by atoms with Gasteiger partial charge in [-0.1, -0.05) is 23.2 Å². The van der Waals surface area contributed by atoms with E-state index >= 15 is 0 Å². The van der Waals surface area contributed by atoms with Crippen LogP contribution in [-0.4, -0.2) is 18.1 Å². The first-order valence-electron chi connectivity index (χ1n) is 4.77. The third kappa shape index (κ3) is 2.59. The van der Waals surface area contributed by atoms with Crippen LogP contribution < -0.4 is 5.32 Å². The van der Waals surface area contributed by atoms with Crippen LogP contribution >= 0.6 is 23.2 Å². The molecule has 1 unspecified atom stereocenters. The predicted molar refractivity (Wildman–Crippen MR) is 58.9 cm³/mol. The lowest BCUT2D eigenvalue weighted by Gasteiger charge is -2.08. The van der Waals surface area contributed by atoms with E-state index in [9.17, 15) is 0 Å². The van der Waals surface area contributed by atoms with Gasteiger partial charge in [0.2, 0.25) is 0 Å². The number of hydrogen-bond acceptors (Lipinski definition) is 2. The van der Waals surface area contributed by atoms with Crippen molar-refractivity contribution in [3.8, 4) is 0 Å². The molecule has 2 heterocycles. The Morgan fingerprint density at radius 3 is 2.64 bits per heavy atom. The van der Waals surface area contributed by atoms with Crippen LogP contribution in [0.2, 0.25) is 10.3 Å². The van der Waals surface area contributed by atoms with Gasteiger partial charge in [0.05, 0.1) is 0 Å². The lowest BCUT2D eigenvalue weighted by atomic mass is 10.00. The van der Waals surface area contributed by atoms with Crippen molar-refractivity contribution in [1.29, 1.82) is 0 Å². The monoisotopic (exact) mass is 230 g/mol. The quantitative estimate of drug-likeness (QED) is 0.791. The molecule has 2 nitrogen and oxygen atoms in total. The van der Waals surface area contributed by atoms with E-state index in [2.05, 4.69) is 10.3 Å². The summed E-state index contributed by atoms with van der Waals surface area (Å²) in [5.74, 6) is 0.713. The fraction of sp³-hybridized carbons (Fsp3) is 0.500. The normalized spacial score (nSPS) is 21.4. The second-order valence-electron chi connectivity index (χ2n) is 3.68. The van der Waals surface area contributed by atoms with Crippen molar-refractivity contribution < 1.29 is 0 Å². The van der Waals surface area contributed by atoms with Gasteiger partial charge in [-0.25, -0.2) is 4.98 Å². The van der Waals surface area contributed by atoms with Crippen molar-refractivity contribution in [1.82, 2.24) is 10.3 Å². The van der Waals surface area contributed by atoms with Crippen LogP contribution in [0, 0.1) is 5.92 Å². The van der Waals surface area contributed by atoms with Gasteiger partial charge in [0.1, 0.15) is 10.3 Å². The maximum Gasteiger partial charge on any atom is 0.131 e. The molecule has 1 saturated heterocycles. The van der Waals surface area contributed by atoms with Gasteiger partial charge in [-0.05, 0) is 49.5 Å². The molecule has 1 N–H and O–H groups in total. The van der Waals surface area contributed by atoms with Gasteiger partial charge in [-0.3, -0.25) is 0 Å². The number of rotatable bonds is 2. The summed E-state index contributed by atoms with van der Waals surface area (Å²) >= 11 is 11.6. The zero-order valence-electron chi connectivity index (χ0n) is 7.76.